The van der Waals surface area contributed by atoms with Gasteiger partial charge in [-0.2, -0.15) is 11.8 Å². The average Bonchev–Trinajstić information content (AvgIpc) is 3.27. The van der Waals surface area contributed by atoms with E-state index < -0.39 is 0 Å². The Labute approximate surface area is 128 Å². The first-order chi connectivity index (χ1) is 9.77. The second kappa shape index (κ2) is 6.17. The SMILES string of the molecule is CCC1CN(C(=NC)NCC2(C3CC3)CCC2)CCS1. The highest BCUT2D eigenvalue weighted by atomic mass is 32.2. The smallest absolute Gasteiger partial charge is 0.193 e. The molecule has 1 N–H and O–H groups in total. The zero-order chi connectivity index (χ0) is 14.0. The summed E-state index contributed by atoms with van der Waals surface area (Å²) in [4.78, 5) is 7.02. The molecule has 3 aliphatic rings. The third-order valence-corrected chi connectivity index (χ3v) is 6.87. The van der Waals surface area contributed by atoms with Gasteiger partial charge in [-0.25, -0.2) is 0 Å². The molecule has 114 valence electrons. The molecule has 1 heterocycles. The molecule has 2 saturated carbocycles. The van der Waals surface area contributed by atoms with E-state index in [9.17, 15) is 0 Å². The van der Waals surface area contributed by atoms with Crippen molar-refractivity contribution in [3.8, 4) is 0 Å². The van der Waals surface area contributed by atoms with Gasteiger partial charge in [-0.3, -0.25) is 4.99 Å². The molecule has 0 radical (unpaired) electrons. The van der Waals surface area contributed by atoms with Crippen LogP contribution < -0.4 is 5.32 Å². The highest BCUT2D eigenvalue weighted by Crippen LogP contribution is 2.56. The van der Waals surface area contributed by atoms with Crippen molar-refractivity contribution in [2.24, 2.45) is 16.3 Å². The Kier molecular flexibility index (Phi) is 4.49. The number of aliphatic imine (C=N–C) groups is 1. The summed E-state index contributed by atoms with van der Waals surface area (Å²) in [5, 5.41) is 4.50. The Bertz CT molecular complexity index is 361. The summed E-state index contributed by atoms with van der Waals surface area (Å²) in [6, 6.07) is 0. The molecule has 0 aromatic rings. The fourth-order valence-corrected chi connectivity index (χ4v) is 4.98. The fourth-order valence-electron chi connectivity index (χ4n) is 3.80. The molecule has 0 bridgehead atoms. The molecule has 0 aromatic heterocycles. The topological polar surface area (TPSA) is 27.6 Å². The normalized spacial score (nSPS) is 30.0. The number of thioether (sulfide) groups is 1. The predicted octanol–water partition coefficient (Wildman–Crippen LogP) is 2.97. The van der Waals surface area contributed by atoms with Gasteiger partial charge in [0.1, 0.15) is 0 Å². The number of hydrogen-bond acceptors (Lipinski definition) is 2. The number of nitrogens with zero attached hydrogens (tertiary/aromatic N) is 2. The van der Waals surface area contributed by atoms with Crippen LogP contribution in [0.25, 0.3) is 0 Å². The third kappa shape index (κ3) is 2.95. The van der Waals surface area contributed by atoms with Crippen LogP contribution in [0.15, 0.2) is 4.99 Å². The molecule has 20 heavy (non-hydrogen) atoms. The van der Waals surface area contributed by atoms with Gasteiger partial charge in [-0.15, -0.1) is 0 Å². The summed E-state index contributed by atoms with van der Waals surface area (Å²) in [7, 11) is 1.94. The third-order valence-electron chi connectivity index (χ3n) is 5.50. The molecule has 3 nitrogen and oxygen atoms in total. The minimum absolute atomic E-state index is 0.630. The second-order valence-electron chi connectivity index (χ2n) is 6.74. The molecule has 1 atom stereocenters. The van der Waals surface area contributed by atoms with E-state index >= 15 is 0 Å². The summed E-state index contributed by atoms with van der Waals surface area (Å²) >= 11 is 2.12. The molecule has 1 saturated heterocycles. The highest BCUT2D eigenvalue weighted by Gasteiger charge is 2.48. The fraction of sp³-hybridized carbons (Fsp3) is 0.938. The summed E-state index contributed by atoms with van der Waals surface area (Å²) in [5.74, 6) is 3.41. The molecule has 1 unspecified atom stereocenters. The first-order valence-electron chi connectivity index (χ1n) is 8.34. The van der Waals surface area contributed by atoms with Gasteiger partial charge >= 0.3 is 0 Å². The van der Waals surface area contributed by atoms with E-state index in [1.807, 2.05) is 7.05 Å². The Hall–Kier alpha value is -0.380. The quantitative estimate of drug-likeness (QED) is 0.638. The van der Waals surface area contributed by atoms with Crippen LogP contribution in [0.1, 0.15) is 45.4 Å². The van der Waals surface area contributed by atoms with Crippen LogP contribution >= 0.6 is 11.8 Å². The maximum absolute atomic E-state index is 4.54. The van der Waals surface area contributed by atoms with Crippen molar-refractivity contribution in [3.63, 3.8) is 0 Å². The molecule has 3 rings (SSSR count). The average molecular weight is 295 g/mol. The van der Waals surface area contributed by atoms with Crippen molar-refractivity contribution in [2.75, 3.05) is 32.4 Å². The van der Waals surface area contributed by atoms with Crippen LogP contribution in [0.4, 0.5) is 0 Å². The Morgan fingerprint density at radius 1 is 1.40 bits per heavy atom. The van der Waals surface area contributed by atoms with Crippen molar-refractivity contribution in [2.45, 2.75) is 50.7 Å². The zero-order valence-electron chi connectivity index (χ0n) is 13.0. The number of hydrogen-bond donors (Lipinski definition) is 1. The Morgan fingerprint density at radius 3 is 2.75 bits per heavy atom. The maximum Gasteiger partial charge on any atom is 0.193 e. The molecular weight excluding hydrogens is 266 g/mol. The lowest BCUT2D eigenvalue weighted by molar-refractivity contribution is 0.104. The van der Waals surface area contributed by atoms with E-state index in [-0.39, 0.29) is 0 Å². The van der Waals surface area contributed by atoms with E-state index in [4.69, 9.17) is 0 Å². The van der Waals surface area contributed by atoms with Gasteiger partial charge in [0, 0.05) is 37.7 Å². The van der Waals surface area contributed by atoms with E-state index in [1.165, 1.54) is 44.3 Å². The van der Waals surface area contributed by atoms with Gasteiger partial charge in [-0.1, -0.05) is 13.3 Å². The molecule has 1 aliphatic heterocycles. The van der Waals surface area contributed by atoms with Crippen molar-refractivity contribution >= 4 is 17.7 Å². The van der Waals surface area contributed by atoms with Gasteiger partial charge in [0.05, 0.1) is 0 Å². The number of nitrogens with one attached hydrogen (secondary N) is 1. The van der Waals surface area contributed by atoms with E-state index in [0.29, 0.717) is 5.41 Å². The van der Waals surface area contributed by atoms with E-state index in [0.717, 1.165) is 36.8 Å². The molecule has 4 heteroatoms. The molecule has 3 fully saturated rings. The lowest BCUT2D eigenvalue weighted by Gasteiger charge is -2.44. The van der Waals surface area contributed by atoms with Crippen LogP contribution in [0.2, 0.25) is 0 Å². The Morgan fingerprint density at radius 2 is 2.20 bits per heavy atom. The number of guanidine groups is 1. The van der Waals surface area contributed by atoms with Gasteiger partial charge in [0.15, 0.2) is 5.96 Å². The van der Waals surface area contributed by atoms with Crippen LogP contribution in [0.5, 0.6) is 0 Å². The standard InChI is InChI=1S/C16H29N3S/c1-3-14-11-19(9-10-20-14)15(17-2)18-12-16(7-4-8-16)13-5-6-13/h13-14H,3-12H2,1-2H3,(H,17,18). The van der Waals surface area contributed by atoms with Gasteiger partial charge in [0.2, 0.25) is 0 Å². The Balaban J connectivity index is 1.54. The molecule has 0 aromatic carbocycles. The molecule has 0 amide bonds. The summed E-state index contributed by atoms with van der Waals surface area (Å²) in [6.07, 6.45) is 8.53. The first-order valence-corrected chi connectivity index (χ1v) is 9.39. The van der Waals surface area contributed by atoms with E-state index in [2.05, 4.69) is 33.9 Å². The summed E-state index contributed by atoms with van der Waals surface area (Å²) < 4.78 is 0. The monoisotopic (exact) mass is 295 g/mol. The second-order valence-corrected chi connectivity index (χ2v) is 8.15. The van der Waals surface area contributed by atoms with Crippen LogP contribution in [-0.2, 0) is 0 Å². The minimum Gasteiger partial charge on any atom is -0.356 e. The first kappa shape index (κ1) is 14.6. The van der Waals surface area contributed by atoms with Crippen LogP contribution in [-0.4, -0.2) is 48.5 Å². The molecular formula is C16H29N3S. The van der Waals surface area contributed by atoms with Crippen molar-refractivity contribution in [1.29, 1.82) is 0 Å². The van der Waals surface area contributed by atoms with Gasteiger partial charge in [-0.05, 0) is 43.4 Å². The summed E-state index contributed by atoms with van der Waals surface area (Å²) in [6.45, 7) is 5.77. The van der Waals surface area contributed by atoms with Crippen LogP contribution in [0, 0.1) is 11.3 Å². The van der Waals surface area contributed by atoms with Crippen molar-refractivity contribution < 1.29 is 0 Å². The predicted molar refractivity (Wildman–Crippen MR) is 88.5 cm³/mol. The molecule has 0 spiro atoms. The lowest BCUT2D eigenvalue weighted by Crippen LogP contribution is -2.52. The highest BCUT2D eigenvalue weighted by molar-refractivity contribution is 8.00. The van der Waals surface area contributed by atoms with Crippen molar-refractivity contribution in [3.05, 3.63) is 0 Å². The maximum atomic E-state index is 4.54. The van der Waals surface area contributed by atoms with Gasteiger partial charge < -0.3 is 10.2 Å². The van der Waals surface area contributed by atoms with E-state index in [1.54, 1.807) is 0 Å². The summed E-state index contributed by atoms with van der Waals surface area (Å²) in [5.41, 5.74) is 0.630. The number of rotatable bonds is 4. The molecule has 2 aliphatic carbocycles. The lowest BCUT2D eigenvalue weighted by atomic mass is 9.65. The minimum atomic E-state index is 0.630. The largest absolute Gasteiger partial charge is 0.356 e. The van der Waals surface area contributed by atoms with Gasteiger partial charge in [0.25, 0.3) is 0 Å². The zero-order valence-corrected chi connectivity index (χ0v) is 13.8. The van der Waals surface area contributed by atoms with Crippen molar-refractivity contribution in [1.82, 2.24) is 10.2 Å². The van der Waals surface area contributed by atoms with Crippen LogP contribution in [0.3, 0.4) is 0 Å².